The molecular formula is C16H24O5. The topological polar surface area (TPSA) is 54.0 Å². The van der Waals surface area contributed by atoms with Crippen LogP contribution in [0, 0.1) is 0 Å². The van der Waals surface area contributed by atoms with E-state index in [-0.39, 0.29) is 11.9 Å². The van der Waals surface area contributed by atoms with Crippen LogP contribution in [0.2, 0.25) is 0 Å². The van der Waals surface area contributed by atoms with Crippen molar-refractivity contribution in [2.75, 3.05) is 40.6 Å². The summed E-state index contributed by atoms with van der Waals surface area (Å²) in [6.45, 7) is 4.08. The molecule has 5 nitrogen and oxygen atoms in total. The van der Waals surface area contributed by atoms with E-state index < -0.39 is 0 Å². The molecule has 1 atom stereocenters. The van der Waals surface area contributed by atoms with Gasteiger partial charge in [-0.2, -0.15) is 0 Å². The molecule has 1 unspecified atom stereocenters. The maximum Gasteiger partial charge on any atom is 0.306 e. The number of hydrogen-bond acceptors (Lipinski definition) is 5. The van der Waals surface area contributed by atoms with Crippen LogP contribution in [0.3, 0.4) is 0 Å². The van der Waals surface area contributed by atoms with Crippen LogP contribution in [0.4, 0.5) is 0 Å². The van der Waals surface area contributed by atoms with E-state index in [9.17, 15) is 4.79 Å². The van der Waals surface area contributed by atoms with Gasteiger partial charge in [-0.05, 0) is 17.5 Å². The van der Waals surface area contributed by atoms with E-state index in [4.69, 9.17) is 18.9 Å². The van der Waals surface area contributed by atoms with Crippen molar-refractivity contribution in [3.8, 4) is 5.75 Å². The van der Waals surface area contributed by atoms with E-state index in [1.165, 1.54) is 7.11 Å². The van der Waals surface area contributed by atoms with Gasteiger partial charge in [0.2, 0.25) is 0 Å². The predicted octanol–water partition coefficient (Wildman–Crippen LogP) is 2.40. The Balaban J connectivity index is 2.48. The smallest absolute Gasteiger partial charge is 0.306 e. The fourth-order valence-electron chi connectivity index (χ4n) is 1.92. The zero-order valence-corrected chi connectivity index (χ0v) is 13.0. The Hall–Kier alpha value is -1.59. The molecule has 0 N–H and O–H groups in total. The van der Waals surface area contributed by atoms with Crippen LogP contribution in [0.15, 0.2) is 24.3 Å². The van der Waals surface area contributed by atoms with Gasteiger partial charge >= 0.3 is 5.97 Å². The SMILES string of the molecule is COCCOCCOc1ccccc1C(C)CC(=O)OC. The molecule has 0 aliphatic heterocycles. The van der Waals surface area contributed by atoms with Gasteiger partial charge in [0, 0.05) is 7.11 Å². The average Bonchev–Trinajstić information content (AvgIpc) is 2.51. The number of esters is 1. The van der Waals surface area contributed by atoms with Gasteiger partial charge in [0.1, 0.15) is 12.4 Å². The lowest BCUT2D eigenvalue weighted by atomic mass is 9.97. The van der Waals surface area contributed by atoms with E-state index in [0.717, 1.165) is 11.3 Å². The molecule has 0 spiro atoms. The van der Waals surface area contributed by atoms with Gasteiger partial charge in [-0.15, -0.1) is 0 Å². The summed E-state index contributed by atoms with van der Waals surface area (Å²) in [6, 6.07) is 7.72. The second-order valence-corrected chi connectivity index (χ2v) is 4.67. The summed E-state index contributed by atoms with van der Waals surface area (Å²) >= 11 is 0. The molecule has 5 heteroatoms. The second-order valence-electron chi connectivity index (χ2n) is 4.67. The molecule has 0 aliphatic carbocycles. The Bertz CT molecular complexity index is 419. The minimum atomic E-state index is -0.222. The highest BCUT2D eigenvalue weighted by Gasteiger charge is 2.15. The van der Waals surface area contributed by atoms with E-state index in [2.05, 4.69) is 0 Å². The van der Waals surface area contributed by atoms with Crippen molar-refractivity contribution in [2.24, 2.45) is 0 Å². The highest BCUT2D eigenvalue weighted by molar-refractivity contribution is 5.70. The normalized spacial score (nSPS) is 12.0. The molecule has 0 saturated heterocycles. The van der Waals surface area contributed by atoms with Crippen LogP contribution in [0.5, 0.6) is 5.75 Å². The maximum atomic E-state index is 11.4. The van der Waals surface area contributed by atoms with Gasteiger partial charge in [-0.25, -0.2) is 0 Å². The van der Waals surface area contributed by atoms with Crippen molar-refractivity contribution in [3.63, 3.8) is 0 Å². The Morgan fingerprint density at radius 1 is 1.10 bits per heavy atom. The van der Waals surface area contributed by atoms with Gasteiger partial charge < -0.3 is 18.9 Å². The fourth-order valence-corrected chi connectivity index (χ4v) is 1.92. The van der Waals surface area contributed by atoms with Gasteiger partial charge in [0.25, 0.3) is 0 Å². The number of rotatable bonds is 10. The molecule has 0 bridgehead atoms. The standard InChI is InChI=1S/C16H24O5/c1-13(12-16(17)19-3)14-6-4-5-7-15(14)21-11-10-20-9-8-18-2/h4-7,13H,8-12H2,1-3H3. The van der Waals surface area contributed by atoms with Crippen LogP contribution in [0.25, 0.3) is 0 Å². The first-order valence-corrected chi connectivity index (χ1v) is 7.04. The molecule has 0 amide bonds. The Labute approximate surface area is 126 Å². The average molecular weight is 296 g/mol. The maximum absolute atomic E-state index is 11.4. The van der Waals surface area contributed by atoms with Gasteiger partial charge in [0.15, 0.2) is 0 Å². The second kappa shape index (κ2) is 10.2. The van der Waals surface area contributed by atoms with Crippen molar-refractivity contribution in [1.82, 2.24) is 0 Å². The number of ether oxygens (including phenoxy) is 4. The molecule has 118 valence electrons. The van der Waals surface area contributed by atoms with E-state index in [1.54, 1.807) is 7.11 Å². The van der Waals surface area contributed by atoms with E-state index in [1.807, 2.05) is 31.2 Å². The van der Waals surface area contributed by atoms with Crippen LogP contribution in [-0.2, 0) is 19.0 Å². The lowest BCUT2D eigenvalue weighted by Crippen LogP contribution is -2.12. The van der Waals surface area contributed by atoms with Gasteiger partial charge in [0.05, 0.1) is 33.4 Å². The molecule has 21 heavy (non-hydrogen) atoms. The molecular weight excluding hydrogens is 272 g/mol. The Morgan fingerprint density at radius 3 is 2.52 bits per heavy atom. The number of carbonyl (C=O) groups is 1. The minimum absolute atomic E-state index is 0.0445. The van der Waals surface area contributed by atoms with Crippen molar-refractivity contribution >= 4 is 5.97 Å². The van der Waals surface area contributed by atoms with E-state index in [0.29, 0.717) is 32.8 Å². The first kappa shape index (κ1) is 17.5. The zero-order valence-electron chi connectivity index (χ0n) is 13.0. The largest absolute Gasteiger partial charge is 0.491 e. The van der Waals surface area contributed by atoms with Crippen LogP contribution < -0.4 is 4.74 Å². The number of carbonyl (C=O) groups excluding carboxylic acids is 1. The summed E-state index contributed by atoms with van der Waals surface area (Å²) in [5.74, 6) is 0.604. The quantitative estimate of drug-likeness (QED) is 0.490. The van der Waals surface area contributed by atoms with Gasteiger partial charge in [-0.1, -0.05) is 25.1 Å². The van der Waals surface area contributed by atoms with Crippen LogP contribution >= 0.6 is 0 Å². The highest BCUT2D eigenvalue weighted by atomic mass is 16.5. The van der Waals surface area contributed by atoms with Crippen molar-refractivity contribution in [1.29, 1.82) is 0 Å². The fraction of sp³-hybridized carbons (Fsp3) is 0.562. The summed E-state index contributed by atoms with van der Waals surface area (Å²) in [5, 5.41) is 0. The molecule has 0 aliphatic rings. The molecule has 1 aromatic rings. The summed E-state index contributed by atoms with van der Waals surface area (Å²) in [6.07, 6.45) is 0.335. The summed E-state index contributed by atoms with van der Waals surface area (Å²) in [7, 11) is 3.04. The minimum Gasteiger partial charge on any atom is -0.491 e. The third-order valence-electron chi connectivity index (χ3n) is 3.07. The summed E-state index contributed by atoms with van der Waals surface area (Å²) in [5.41, 5.74) is 1.000. The lowest BCUT2D eigenvalue weighted by molar-refractivity contribution is -0.140. The van der Waals surface area contributed by atoms with Crippen molar-refractivity contribution < 1.29 is 23.7 Å². The molecule has 1 rings (SSSR count). The number of benzene rings is 1. The Morgan fingerprint density at radius 2 is 1.81 bits per heavy atom. The van der Waals surface area contributed by atoms with Crippen LogP contribution in [-0.4, -0.2) is 46.6 Å². The predicted molar refractivity (Wildman–Crippen MR) is 79.7 cm³/mol. The van der Waals surface area contributed by atoms with Crippen LogP contribution in [0.1, 0.15) is 24.8 Å². The number of para-hydroxylation sites is 1. The first-order valence-electron chi connectivity index (χ1n) is 7.04. The molecule has 0 heterocycles. The number of hydrogen-bond donors (Lipinski definition) is 0. The molecule has 0 fully saturated rings. The van der Waals surface area contributed by atoms with E-state index >= 15 is 0 Å². The zero-order chi connectivity index (χ0) is 15.5. The first-order chi connectivity index (χ1) is 10.2. The molecule has 0 saturated carbocycles. The molecule has 1 aromatic carbocycles. The third-order valence-corrected chi connectivity index (χ3v) is 3.07. The number of methoxy groups -OCH3 is 2. The van der Waals surface area contributed by atoms with Crippen molar-refractivity contribution in [2.45, 2.75) is 19.3 Å². The van der Waals surface area contributed by atoms with Crippen molar-refractivity contribution in [3.05, 3.63) is 29.8 Å². The highest BCUT2D eigenvalue weighted by Crippen LogP contribution is 2.28. The van der Waals surface area contributed by atoms with Gasteiger partial charge in [-0.3, -0.25) is 4.79 Å². The molecule has 0 radical (unpaired) electrons. The molecule has 0 aromatic heterocycles. The summed E-state index contributed by atoms with van der Waals surface area (Å²) < 4.78 is 20.7. The Kier molecular flexibility index (Phi) is 8.47. The monoisotopic (exact) mass is 296 g/mol. The lowest BCUT2D eigenvalue weighted by Gasteiger charge is -2.16. The third kappa shape index (κ3) is 6.60. The summed E-state index contributed by atoms with van der Waals surface area (Å²) in [4.78, 5) is 11.4.